The number of oxazole rings is 1. The fourth-order valence-electron chi connectivity index (χ4n) is 2.16. The molecule has 0 spiro atoms. The highest BCUT2D eigenvalue weighted by molar-refractivity contribution is 5.87. The number of hydrogen-bond acceptors (Lipinski definition) is 5. The third-order valence-electron chi connectivity index (χ3n) is 3.20. The molecule has 2 heterocycles. The molecule has 0 aliphatic carbocycles. The van der Waals surface area contributed by atoms with Crippen LogP contribution in [-0.4, -0.2) is 24.7 Å². The molecule has 1 aromatic heterocycles. The first-order valence-corrected chi connectivity index (χ1v) is 6.36. The number of aromatic nitrogens is 1. The predicted octanol–water partition coefficient (Wildman–Crippen LogP) is 2.51. The van der Waals surface area contributed by atoms with Crippen molar-refractivity contribution >= 4 is 5.97 Å². The lowest BCUT2D eigenvalue weighted by atomic mass is 10.0. The molecule has 1 saturated heterocycles. The number of aryl methyl sites for hydroxylation is 1. The van der Waals surface area contributed by atoms with Gasteiger partial charge in [-0.3, -0.25) is 0 Å². The fraction of sp³-hybridized carbons (Fsp3) is 0.692. The summed E-state index contributed by atoms with van der Waals surface area (Å²) in [4.78, 5) is 16.0. The maximum Gasteiger partial charge on any atom is 0.375 e. The summed E-state index contributed by atoms with van der Waals surface area (Å²) in [7, 11) is 1.34. The minimum atomic E-state index is -0.470. The summed E-state index contributed by atoms with van der Waals surface area (Å²) in [5.41, 5.74) is 0.669. The van der Waals surface area contributed by atoms with Crippen molar-refractivity contribution in [1.29, 1.82) is 0 Å². The van der Waals surface area contributed by atoms with Gasteiger partial charge in [0, 0.05) is 6.61 Å². The molecule has 5 heteroatoms. The van der Waals surface area contributed by atoms with E-state index in [9.17, 15) is 4.79 Å². The van der Waals surface area contributed by atoms with E-state index in [1.165, 1.54) is 7.11 Å². The molecule has 0 N–H and O–H groups in total. The number of rotatable bonds is 4. The topological polar surface area (TPSA) is 61.6 Å². The van der Waals surface area contributed by atoms with Gasteiger partial charge in [0.1, 0.15) is 6.10 Å². The van der Waals surface area contributed by atoms with Gasteiger partial charge in [-0.25, -0.2) is 9.78 Å². The third-order valence-corrected chi connectivity index (χ3v) is 3.20. The van der Waals surface area contributed by atoms with E-state index in [1.54, 1.807) is 0 Å². The fourth-order valence-corrected chi connectivity index (χ4v) is 2.16. The van der Waals surface area contributed by atoms with Crippen molar-refractivity contribution in [2.75, 3.05) is 13.7 Å². The van der Waals surface area contributed by atoms with Gasteiger partial charge in [-0.15, -0.1) is 0 Å². The van der Waals surface area contributed by atoms with Gasteiger partial charge in [0.05, 0.1) is 12.8 Å². The SMILES string of the molecule is CCCc1nc(C2OCCC2C)oc1C(=O)OC. The molecule has 1 fully saturated rings. The van der Waals surface area contributed by atoms with E-state index in [0.29, 0.717) is 30.5 Å². The normalized spacial score (nSPS) is 23.3. The lowest BCUT2D eigenvalue weighted by Gasteiger charge is -2.09. The number of methoxy groups -OCH3 is 1. The summed E-state index contributed by atoms with van der Waals surface area (Å²) in [5, 5.41) is 0. The Bertz CT molecular complexity index is 427. The van der Waals surface area contributed by atoms with Crippen LogP contribution < -0.4 is 0 Å². The molecule has 2 rings (SSSR count). The zero-order chi connectivity index (χ0) is 13.1. The van der Waals surface area contributed by atoms with Crippen molar-refractivity contribution in [2.24, 2.45) is 5.92 Å². The molecular formula is C13H19NO4. The Kier molecular flexibility index (Phi) is 4.01. The second-order valence-electron chi connectivity index (χ2n) is 4.63. The lowest BCUT2D eigenvalue weighted by Crippen LogP contribution is -2.04. The van der Waals surface area contributed by atoms with Crippen molar-refractivity contribution in [2.45, 2.75) is 39.2 Å². The lowest BCUT2D eigenvalue weighted by molar-refractivity contribution is 0.0521. The number of carbonyl (C=O) groups excluding carboxylic acids is 1. The first-order chi connectivity index (χ1) is 8.67. The molecule has 0 amide bonds. The minimum absolute atomic E-state index is 0.140. The van der Waals surface area contributed by atoms with Crippen LogP contribution in [0.5, 0.6) is 0 Å². The number of ether oxygens (including phenoxy) is 2. The molecule has 1 aliphatic heterocycles. The van der Waals surface area contributed by atoms with E-state index < -0.39 is 5.97 Å². The Hall–Kier alpha value is -1.36. The molecular weight excluding hydrogens is 234 g/mol. The highest BCUT2D eigenvalue weighted by atomic mass is 16.5. The Labute approximate surface area is 106 Å². The number of esters is 1. The summed E-state index contributed by atoms with van der Waals surface area (Å²) in [5.74, 6) is 0.618. The van der Waals surface area contributed by atoms with E-state index in [4.69, 9.17) is 13.9 Å². The first-order valence-electron chi connectivity index (χ1n) is 6.36. The van der Waals surface area contributed by atoms with Crippen LogP contribution >= 0.6 is 0 Å². The molecule has 18 heavy (non-hydrogen) atoms. The molecule has 0 saturated carbocycles. The Morgan fingerprint density at radius 1 is 1.56 bits per heavy atom. The summed E-state index contributed by atoms with van der Waals surface area (Å²) in [6.07, 6.45) is 2.45. The van der Waals surface area contributed by atoms with Crippen LogP contribution in [0.4, 0.5) is 0 Å². The van der Waals surface area contributed by atoms with Gasteiger partial charge in [-0.2, -0.15) is 0 Å². The molecule has 2 atom stereocenters. The summed E-state index contributed by atoms with van der Waals surface area (Å²) >= 11 is 0. The zero-order valence-electron chi connectivity index (χ0n) is 11.1. The predicted molar refractivity (Wildman–Crippen MR) is 64.3 cm³/mol. The molecule has 100 valence electrons. The molecule has 0 radical (unpaired) electrons. The maximum absolute atomic E-state index is 11.6. The maximum atomic E-state index is 11.6. The van der Waals surface area contributed by atoms with Crippen LogP contribution in [0, 0.1) is 5.92 Å². The standard InChI is InChI=1S/C13H19NO4/c1-4-5-9-11(13(15)16-3)18-12(14-9)10-8(2)6-7-17-10/h8,10H,4-7H2,1-3H3. The van der Waals surface area contributed by atoms with Crippen molar-refractivity contribution in [1.82, 2.24) is 4.98 Å². The van der Waals surface area contributed by atoms with Crippen molar-refractivity contribution in [3.63, 3.8) is 0 Å². The highest BCUT2D eigenvalue weighted by Gasteiger charge is 2.32. The van der Waals surface area contributed by atoms with Gasteiger partial charge >= 0.3 is 5.97 Å². The molecule has 5 nitrogen and oxygen atoms in total. The summed E-state index contributed by atoms with van der Waals surface area (Å²) < 4.78 is 15.9. The van der Waals surface area contributed by atoms with E-state index in [0.717, 1.165) is 12.8 Å². The van der Waals surface area contributed by atoms with Crippen LogP contribution in [-0.2, 0) is 15.9 Å². The minimum Gasteiger partial charge on any atom is -0.463 e. The van der Waals surface area contributed by atoms with Gasteiger partial charge in [-0.05, 0) is 18.8 Å². The first kappa shape index (κ1) is 13.1. The molecule has 2 unspecified atom stereocenters. The van der Waals surface area contributed by atoms with Gasteiger partial charge in [0.15, 0.2) is 0 Å². The third kappa shape index (κ3) is 2.41. The Morgan fingerprint density at radius 3 is 2.89 bits per heavy atom. The average Bonchev–Trinajstić information content (AvgIpc) is 2.95. The molecule has 0 bridgehead atoms. The van der Waals surface area contributed by atoms with E-state index in [2.05, 4.69) is 11.9 Å². The van der Waals surface area contributed by atoms with Crippen molar-refractivity contribution < 1.29 is 18.7 Å². The van der Waals surface area contributed by atoms with Crippen LogP contribution in [0.25, 0.3) is 0 Å². The van der Waals surface area contributed by atoms with Gasteiger partial charge in [-0.1, -0.05) is 20.3 Å². The second-order valence-corrected chi connectivity index (χ2v) is 4.63. The van der Waals surface area contributed by atoms with Crippen molar-refractivity contribution in [3.8, 4) is 0 Å². The van der Waals surface area contributed by atoms with E-state index in [-0.39, 0.29) is 11.9 Å². The number of carbonyl (C=O) groups is 1. The average molecular weight is 253 g/mol. The molecule has 0 aromatic carbocycles. The summed E-state index contributed by atoms with van der Waals surface area (Å²) in [6.45, 7) is 4.84. The van der Waals surface area contributed by atoms with Crippen LogP contribution in [0.15, 0.2) is 4.42 Å². The second kappa shape index (κ2) is 5.52. The van der Waals surface area contributed by atoms with Crippen molar-refractivity contribution in [3.05, 3.63) is 17.3 Å². The van der Waals surface area contributed by atoms with Crippen LogP contribution in [0.3, 0.4) is 0 Å². The number of nitrogens with zero attached hydrogens (tertiary/aromatic N) is 1. The van der Waals surface area contributed by atoms with Gasteiger partial charge < -0.3 is 13.9 Å². The smallest absolute Gasteiger partial charge is 0.375 e. The van der Waals surface area contributed by atoms with Gasteiger partial charge in [0.25, 0.3) is 0 Å². The molecule has 1 aliphatic rings. The van der Waals surface area contributed by atoms with E-state index >= 15 is 0 Å². The quantitative estimate of drug-likeness (QED) is 0.771. The molecule has 1 aromatic rings. The number of hydrogen-bond donors (Lipinski definition) is 0. The Morgan fingerprint density at radius 2 is 2.33 bits per heavy atom. The van der Waals surface area contributed by atoms with Gasteiger partial charge in [0.2, 0.25) is 11.7 Å². The largest absolute Gasteiger partial charge is 0.463 e. The highest BCUT2D eigenvalue weighted by Crippen LogP contribution is 2.34. The van der Waals surface area contributed by atoms with E-state index in [1.807, 2.05) is 6.92 Å². The van der Waals surface area contributed by atoms with Crippen LogP contribution in [0.2, 0.25) is 0 Å². The van der Waals surface area contributed by atoms with Crippen LogP contribution in [0.1, 0.15) is 54.9 Å². The monoisotopic (exact) mass is 253 g/mol. The zero-order valence-corrected chi connectivity index (χ0v) is 11.1. The Balaban J connectivity index is 2.29. The summed E-state index contributed by atoms with van der Waals surface area (Å²) in [6, 6.07) is 0.